The van der Waals surface area contributed by atoms with E-state index in [4.69, 9.17) is 0 Å². The molecule has 0 spiro atoms. The molecule has 0 aliphatic carbocycles. The second kappa shape index (κ2) is 7.93. The number of hydrogen-bond acceptors (Lipinski definition) is 3. The number of benzene rings is 1. The highest BCUT2D eigenvalue weighted by molar-refractivity contribution is 5.99. The number of nitrogens with zero attached hydrogens (tertiary/aromatic N) is 1. The molecule has 0 bridgehead atoms. The van der Waals surface area contributed by atoms with Crippen LogP contribution in [0.5, 0.6) is 0 Å². The van der Waals surface area contributed by atoms with E-state index in [0.717, 1.165) is 12.0 Å². The first-order chi connectivity index (χ1) is 10.7. The van der Waals surface area contributed by atoms with Crippen molar-refractivity contribution in [1.82, 2.24) is 15.6 Å². The van der Waals surface area contributed by atoms with Gasteiger partial charge in [-0.2, -0.15) is 0 Å². The van der Waals surface area contributed by atoms with Crippen molar-refractivity contribution in [3.05, 3.63) is 65.5 Å². The molecule has 0 fully saturated rings. The number of nitrogens with one attached hydrogen (secondary N) is 2. The number of carbonyl (C=O) groups is 2. The van der Waals surface area contributed by atoms with Crippen molar-refractivity contribution in [1.29, 1.82) is 0 Å². The molecule has 2 N–H and O–H groups in total. The van der Waals surface area contributed by atoms with Crippen LogP contribution in [-0.4, -0.2) is 23.3 Å². The lowest BCUT2D eigenvalue weighted by atomic mass is 10.1. The van der Waals surface area contributed by atoms with Gasteiger partial charge in [-0.25, -0.2) is 0 Å². The normalized spacial score (nSPS) is 10.0. The summed E-state index contributed by atoms with van der Waals surface area (Å²) in [6, 6.07) is 11.2. The predicted octanol–water partition coefficient (Wildman–Crippen LogP) is 2.15. The van der Waals surface area contributed by atoms with E-state index in [-0.39, 0.29) is 11.8 Å². The maximum atomic E-state index is 12.1. The Hall–Kier alpha value is -2.69. The standard InChI is InChI=1S/C17H19N3O2/c1-2-8-19-16(21)14-9-15(12-18-11-14)17(22)20-10-13-6-4-3-5-7-13/h3-7,9,11-12H,2,8,10H2,1H3,(H,19,21)(H,20,22). The van der Waals surface area contributed by atoms with Gasteiger partial charge in [0.15, 0.2) is 0 Å². The van der Waals surface area contributed by atoms with Crippen LogP contribution in [0.1, 0.15) is 39.6 Å². The Morgan fingerprint density at radius 3 is 2.27 bits per heavy atom. The second-order valence-corrected chi connectivity index (χ2v) is 4.89. The third-order valence-electron chi connectivity index (χ3n) is 3.09. The first kappa shape index (κ1) is 15.7. The Morgan fingerprint density at radius 1 is 1.00 bits per heavy atom. The van der Waals surface area contributed by atoms with Crippen molar-refractivity contribution >= 4 is 11.8 Å². The van der Waals surface area contributed by atoms with Crippen LogP contribution in [0.3, 0.4) is 0 Å². The Balaban J connectivity index is 1.99. The van der Waals surface area contributed by atoms with Crippen LogP contribution in [0.2, 0.25) is 0 Å². The third-order valence-corrected chi connectivity index (χ3v) is 3.09. The monoisotopic (exact) mass is 297 g/mol. The summed E-state index contributed by atoms with van der Waals surface area (Å²) in [5.41, 5.74) is 1.78. The van der Waals surface area contributed by atoms with Gasteiger partial charge in [0.1, 0.15) is 0 Å². The van der Waals surface area contributed by atoms with Gasteiger partial charge in [-0.3, -0.25) is 14.6 Å². The predicted molar refractivity (Wildman–Crippen MR) is 84.5 cm³/mol. The highest BCUT2D eigenvalue weighted by Crippen LogP contribution is 2.04. The number of amides is 2. The number of carbonyl (C=O) groups excluding carboxylic acids is 2. The van der Waals surface area contributed by atoms with Gasteiger partial charge in [-0.1, -0.05) is 37.3 Å². The molecule has 5 nitrogen and oxygen atoms in total. The molecule has 0 saturated carbocycles. The summed E-state index contributed by atoms with van der Waals surface area (Å²) in [5.74, 6) is -0.464. The summed E-state index contributed by atoms with van der Waals surface area (Å²) < 4.78 is 0. The second-order valence-electron chi connectivity index (χ2n) is 4.89. The molecule has 0 saturated heterocycles. The van der Waals surface area contributed by atoms with Gasteiger partial charge < -0.3 is 10.6 Å². The fraction of sp³-hybridized carbons (Fsp3) is 0.235. The summed E-state index contributed by atoms with van der Waals surface area (Å²) in [6.45, 7) is 3.02. The number of pyridine rings is 1. The molecule has 1 aromatic carbocycles. The lowest BCUT2D eigenvalue weighted by molar-refractivity contribution is 0.0950. The topological polar surface area (TPSA) is 71.1 Å². The molecule has 1 heterocycles. The van der Waals surface area contributed by atoms with Crippen molar-refractivity contribution in [3.63, 3.8) is 0 Å². The molecule has 5 heteroatoms. The Bertz CT molecular complexity index is 641. The molecule has 0 aliphatic heterocycles. The van der Waals surface area contributed by atoms with Gasteiger partial charge in [0.2, 0.25) is 0 Å². The van der Waals surface area contributed by atoms with Gasteiger partial charge in [0.25, 0.3) is 11.8 Å². The van der Waals surface area contributed by atoms with Crippen molar-refractivity contribution in [3.8, 4) is 0 Å². The largest absolute Gasteiger partial charge is 0.352 e. The molecule has 2 aromatic rings. The summed E-state index contributed by atoms with van der Waals surface area (Å²) >= 11 is 0. The summed E-state index contributed by atoms with van der Waals surface area (Å²) in [4.78, 5) is 28.0. The maximum Gasteiger partial charge on any atom is 0.253 e. The molecular weight excluding hydrogens is 278 g/mol. The molecule has 0 atom stereocenters. The Kier molecular flexibility index (Phi) is 5.65. The van der Waals surface area contributed by atoms with Crippen LogP contribution in [0.4, 0.5) is 0 Å². The van der Waals surface area contributed by atoms with Gasteiger partial charge in [-0.15, -0.1) is 0 Å². The van der Waals surface area contributed by atoms with Crippen LogP contribution in [0, 0.1) is 0 Å². The number of aromatic nitrogens is 1. The van der Waals surface area contributed by atoms with Crippen molar-refractivity contribution in [2.24, 2.45) is 0 Å². The minimum absolute atomic E-state index is 0.216. The molecular formula is C17H19N3O2. The van der Waals surface area contributed by atoms with Crippen molar-refractivity contribution < 1.29 is 9.59 Å². The van der Waals surface area contributed by atoms with E-state index in [1.165, 1.54) is 12.4 Å². The Morgan fingerprint density at radius 2 is 1.64 bits per heavy atom. The Labute approximate surface area is 129 Å². The molecule has 114 valence electrons. The van der Waals surface area contributed by atoms with Gasteiger partial charge in [-0.05, 0) is 18.1 Å². The molecule has 1 aromatic heterocycles. The highest BCUT2D eigenvalue weighted by atomic mass is 16.2. The van der Waals surface area contributed by atoms with E-state index >= 15 is 0 Å². The molecule has 0 unspecified atom stereocenters. The van der Waals surface area contributed by atoms with E-state index in [1.54, 1.807) is 6.07 Å². The van der Waals surface area contributed by atoms with Crippen LogP contribution in [-0.2, 0) is 6.54 Å². The molecule has 0 aliphatic rings. The minimum atomic E-state index is -0.249. The van der Waals surface area contributed by atoms with Crippen LogP contribution >= 0.6 is 0 Å². The van der Waals surface area contributed by atoms with Gasteiger partial charge in [0, 0.05) is 25.5 Å². The highest BCUT2D eigenvalue weighted by Gasteiger charge is 2.10. The fourth-order valence-corrected chi connectivity index (χ4v) is 1.91. The smallest absolute Gasteiger partial charge is 0.253 e. The molecule has 22 heavy (non-hydrogen) atoms. The van der Waals surface area contributed by atoms with Gasteiger partial charge in [0.05, 0.1) is 11.1 Å². The lowest BCUT2D eigenvalue weighted by Gasteiger charge is -2.07. The maximum absolute atomic E-state index is 12.1. The van der Waals surface area contributed by atoms with Crippen LogP contribution < -0.4 is 10.6 Å². The molecule has 2 amide bonds. The SMILES string of the molecule is CCCNC(=O)c1cncc(C(=O)NCc2ccccc2)c1. The minimum Gasteiger partial charge on any atom is -0.352 e. The zero-order chi connectivity index (χ0) is 15.8. The summed E-state index contributed by atoms with van der Waals surface area (Å²) in [6.07, 6.45) is 3.77. The first-order valence-electron chi connectivity index (χ1n) is 7.26. The van der Waals surface area contributed by atoms with E-state index in [1.807, 2.05) is 37.3 Å². The van der Waals surface area contributed by atoms with E-state index < -0.39 is 0 Å². The summed E-state index contributed by atoms with van der Waals surface area (Å²) in [7, 11) is 0. The van der Waals surface area contributed by atoms with Crippen LogP contribution in [0.25, 0.3) is 0 Å². The molecule has 0 radical (unpaired) electrons. The molecule has 2 rings (SSSR count). The van der Waals surface area contributed by atoms with Crippen molar-refractivity contribution in [2.45, 2.75) is 19.9 Å². The zero-order valence-corrected chi connectivity index (χ0v) is 12.5. The number of rotatable bonds is 6. The fourth-order valence-electron chi connectivity index (χ4n) is 1.91. The average Bonchev–Trinajstić information content (AvgIpc) is 2.58. The number of hydrogen-bond donors (Lipinski definition) is 2. The third kappa shape index (κ3) is 4.41. The van der Waals surface area contributed by atoms with E-state index in [9.17, 15) is 9.59 Å². The average molecular weight is 297 g/mol. The van der Waals surface area contributed by atoms with Gasteiger partial charge >= 0.3 is 0 Å². The lowest BCUT2D eigenvalue weighted by Crippen LogP contribution is -2.26. The van der Waals surface area contributed by atoms with Crippen molar-refractivity contribution in [2.75, 3.05) is 6.54 Å². The zero-order valence-electron chi connectivity index (χ0n) is 12.5. The first-order valence-corrected chi connectivity index (χ1v) is 7.26. The summed E-state index contributed by atoms with van der Waals surface area (Å²) in [5, 5.41) is 5.58. The quantitative estimate of drug-likeness (QED) is 0.858. The van der Waals surface area contributed by atoms with E-state index in [0.29, 0.717) is 24.2 Å². The van der Waals surface area contributed by atoms with E-state index in [2.05, 4.69) is 15.6 Å². The van der Waals surface area contributed by atoms with Crippen LogP contribution in [0.15, 0.2) is 48.8 Å².